The van der Waals surface area contributed by atoms with Crippen molar-refractivity contribution in [2.45, 2.75) is 6.61 Å². The van der Waals surface area contributed by atoms with Crippen LogP contribution in [0.25, 0.3) is 0 Å². The van der Waals surface area contributed by atoms with Gasteiger partial charge in [0.25, 0.3) is 0 Å². The number of carboxylic acids is 2. The fourth-order valence-electron chi connectivity index (χ4n) is 2.75. The van der Waals surface area contributed by atoms with Crippen molar-refractivity contribution >= 4 is 35.4 Å². The van der Waals surface area contributed by atoms with E-state index in [0.717, 1.165) is 5.56 Å². The molecule has 3 aromatic rings. The second kappa shape index (κ2) is 9.77. The lowest BCUT2D eigenvalue weighted by Crippen LogP contribution is -2.01. The van der Waals surface area contributed by atoms with Crippen LogP contribution in [0, 0.1) is 0 Å². The fraction of sp³-hybridized carbons (Fsp3) is 0.0870. The van der Waals surface area contributed by atoms with Crippen molar-refractivity contribution < 1.29 is 29.3 Å². The SMILES string of the molecule is COc1cc(C=Nc2ccc(C(=O)O)c(Cl)c2)ccc1OCc1cccc(C(=O)O)c1. The molecule has 158 valence electrons. The molecular formula is C23H18ClNO6. The molecule has 2 N–H and O–H groups in total. The van der Waals surface area contributed by atoms with Gasteiger partial charge in [0.2, 0.25) is 0 Å². The van der Waals surface area contributed by atoms with E-state index in [0.29, 0.717) is 22.7 Å². The topological polar surface area (TPSA) is 105 Å². The van der Waals surface area contributed by atoms with Crippen molar-refractivity contribution in [3.63, 3.8) is 0 Å². The molecule has 0 amide bonds. The number of hydrogen-bond acceptors (Lipinski definition) is 5. The summed E-state index contributed by atoms with van der Waals surface area (Å²) in [6.07, 6.45) is 1.59. The average molecular weight is 440 g/mol. The highest BCUT2D eigenvalue weighted by Gasteiger charge is 2.09. The van der Waals surface area contributed by atoms with Crippen LogP contribution < -0.4 is 9.47 Å². The minimum absolute atomic E-state index is 0.0117. The van der Waals surface area contributed by atoms with E-state index in [9.17, 15) is 9.59 Å². The van der Waals surface area contributed by atoms with Crippen molar-refractivity contribution in [1.29, 1.82) is 0 Å². The minimum Gasteiger partial charge on any atom is -0.493 e. The number of hydrogen-bond donors (Lipinski definition) is 2. The van der Waals surface area contributed by atoms with Crippen LogP contribution in [0.1, 0.15) is 31.8 Å². The monoisotopic (exact) mass is 439 g/mol. The first-order valence-corrected chi connectivity index (χ1v) is 9.45. The molecule has 0 saturated heterocycles. The number of aromatic carboxylic acids is 2. The summed E-state index contributed by atoms with van der Waals surface area (Å²) < 4.78 is 11.2. The maximum Gasteiger partial charge on any atom is 0.337 e. The van der Waals surface area contributed by atoms with Crippen LogP contribution in [0.2, 0.25) is 5.02 Å². The van der Waals surface area contributed by atoms with Crippen LogP contribution in [0.3, 0.4) is 0 Å². The van der Waals surface area contributed by atoms with Crippen molar-refractivity contribution in [3.05, 3.63) is 87.9 Å². The van der Waals surface area contributed by atoms with Crippen molar-refractivity contribution in [2.24, 2.45) is 4.99 Å². The smallest absolute Gasteiger partial charge is 0.337 e. The normalized spacial score (nSPS) is 10.8. The van der Waals surface area contributed by atoms with Gasteiger partial charge in [-0.25, -0.2) is 9.59 Å². The first kappa shape index (κ1) is 21.9. The molecule has 31 heavy (non-hydrogen) atoms. The molecule has 0 unspecified atom stereocenters. The Kier molecular flexibility index (Phi) is 6.89. The van der Waals surface area contributed by atoms with Crippen LogP contribution in [0.4, 0.5) is 5.69 Å². The number of carboxylic acid groups (broad SMARTS) is 2. The van der Waals surface area contributed by atoms with E-state index in [1.807, 2.05) is 0 Å². The second-order valence-corrected chi connectivity index (χ2v) is 6.84. The van der Waals surface area contributed by atoms with E-state index in [2.05, 4.69) is 4.99 Å². The largest absolute Gasteiger partial charge is 0.493 e. The molecule has 0 spiro atoms. The third-order valence-corrected chi connectivity index (χ3v) is 4.61. The van der Waals surface area contributed by atoms with Gasteiger partial charge in [-0.2, -0.15) is 0 Å². The third-order valence-electron chi connectivity index (χ3n) is 4.30. The summed E-state index contributed by atoms with van der Waals surface area (Å²) >= 11 is 5.96. The summed E-state index contributed by atoms with van der Waals surface area (Å²) in [5.74, 6) is -1.12. The zero-order valence-electron chi connectivity index (χ0n) is 16.4. The molecule has 0 aliphatic heterocycles. The second-order valence-electron chi connectivity index (χ2n) is 6.43. The van der Waals surface area contributed by atoms with E-state index in [1.165, 1.54) is 25.3 Å². The number of aliphatic imine (C=N–C) groups is 1. The molecule has 0 radical (unpaired) electrons. The van der Waals surface area contributed by atoms with Gasteiger partial charge in [0, 0.05) is 6.21 Å². The van der Waals surface area contributed by atoms with E-state index in [1.54, 1.807) is 48.7 Å². The van der Waals surface area contributed by atoms with Crippen molar-refractivity contribution in [1.82, 2.24) is 0 Å². The minimum atomic E-state index is -1.10. The number of nitrogens with zero attached hydrogens (tertiary/aromatic N) is 1. The molecule has 0 aliphatic carbocycles. The summed E-state index contributed by atoms with van der Waals surface area (Å²) in [6, 6.07) is 16.2. The summed E-state index contributed by atoms with van der Waals surface area (Å²) in [6.45, 7) is 0.180. The molecule has 0 heterocycles. The summed E-state index contributed by atoms with van der Waals surface area (Å²) in [5, 5.41) is 18.2. The van der Waals surface area contributed by atoms with Gasteiger partial charge in [0.05, 0.1) is 28.9 Å². The lowest BCUT2D eigenvalue weighted by molar-refractivity contribution is 0.0686. The molecule has 0 aliphatic rings. The van der Waals surface area contributed by atoms with Gasteiger partial charge in [-0.15, -0.1) is 0 Å². The van der Waals surface area contributed by atoms with E-state index in [-0.39, 0.29) is 22.8 Å². The van der Waals surface area contributed by atoms with Gasteiger partial charge >= 0.3 is 11.9 Å². The van der Waals surface area contributed by atoms with E-state index >= 15 is 0 Å². The number of benzene rings is 3. The average Bonchev–Trinajstić information content (AvgIpc) is 2.76. The van der Waals surface area contributed by atoms with Crippen LogP contribution in [-0.2, 0) is 6.61 Å². The highest BCUT2D eigenvalue weighted by molar-refractivity contribution is 6.33. The molecule has 0 saturated carbocycles. The predicted molar refractivity (Wildman–Crippen MR) is 116 cm³/mol. The maximum atomic E-state index is 11.1. The van der Waals surface area contributed by atoms with Gasteiger partial charge < -0.3 is 19.7 Å². The molecule has 3 aromatic carbocycles. The first-order valence-electron chi connectivity index (χ1n) is 9.07. The molecule has 8 heteroatoms. The molecule has 0 atom stereocenters. The summed E-state index contributed by atoms with van der Waals surface area (Å²) in [4.78, 5) is 26.4. The molecule has 3 rings (SSSR count). The number of methoxy groups -OCH3 is 1. The molecule has 0 bridgehead atoms. The fourth-order valence-corrected chi connectivity index (χ4v) is 3.00. The molecule has 0 aromatic heterocycles. The maximum absolute atomic E-state index is 11.1. The molecule has 0 fully saturated rings. The van der Waals surface area contributed by atoms with Crippen LogP contribution in [-0.4, -0.2) is 35.5 Å². The van der Waals surface area contributed by atoms with Crippen LogP contribution in [0.5, 0.6) is 11.5 Å². The third kappa shape index (κ3) is 5.61. The number of ether oxygens (including phenoxy) is 2. The Morgan fingerprint density at radius 3 is 2.48 bits per heavy atom. The van der Waals surface area contributed by atoms with Crippen molar-refractivity contribution in [2.75, 3.05) is 7.11 Å². The standard InChI is InChI=1S/C23H18ClNO6/c1-30-21-10-14(12-25-17-6-7-18(23(28)29)19(24)11-17)5-8-20(21)31-13-15-3-2-4-16(9-15)22(26)27/h2-12H,13H2,1H3,(H,26,27)(H,28,29). The van der Waals surface area contributed by atoms with Gasteiger partial charge in [-0.1, -0.05) is 23.7 Å². The number of halogens is 1. The molecular weight excluding hydrogens is 422 g/mol. The Hall–Kier alpha value is -3.84. The number of carbonyl (C=O) groups is 2. The highest BCUT2D eigenvalue weighted by Crippen LogP contribution is 2.29. The Balaban J connectivity index is 1.73. The number of rotatable bonds is 8. The predicted octanol–water partition coefficient (Wildman–Crippen LogP) is 5.07. The van der Waals surface area contributed by atoms with Gasteiger partial charge in [-0.3, -0.25) is 4.99 Å². The van der Waals surface area contributed by atoms with E-state index < -0.39 is 11.9 Å². The molecule has 7 nitrogen and oxygen atoms in total. The Bertz CT molecular complexity index is 1160. The summed E-state index contributed by atoms with van der Waals surface area (Å²) in [5.41, 5.74) is 2.16. The Labute approximate surface area is 183 Å². The van der Waals surface area contributed by atoms with Gasteiger partial charge in [-0.05, 0) is 59.7 Å². The quantitative estimate of drug-likeness (QED) is 0.474. The first-order chi connectivity index (χ1) is 14.9. The van der Waals surface area contributed by atoms with Gasteiger partial charge in [0.15, 0.2) is 11.5 Å². The van der Waals surface area contributed by atoms with E-state index in [4.69, 9.17) is 31.3 Å². The van der Waals surface area contributed by atoms with Crippen LogP contribution >= 0.6 is 11.6 Å². The summed E-state index contributed by atoms with van der Waals surface area (Å²) in [7, 11) is 1.51. The highest BCUT2D eigenvalue weighted by atomic mass is 35.5. The van der Waals surface area contributed by atoms with Crippen LogP contribution in [0.15, 0.2) is 65.7 Å². The van der Waals surface area contributed by atoms with Crippen molar-refractivity contribution in [3.8, 4) is 11.5 Å². The Morgan fingerprint density at radius 1 is 1.00 bits per heavy atom. The zero-order chi connectivity index (χ0) is 22.4. The zero-order valence-corrected chi connectivity index (χ0v) is 17.2. The van der Waals surface area contributed by atoms with Gasteiger partial charge in [0.1, 0.15) is 6.61 Å². The lowest BCUT2D eigenvalue weighted by Gasteiger charge is -2.11. The lowest BCUT2D eigenvalue weighted by atomic mass is 10.1. The Morgan fingerprint density at radius 2 is 1.81 bits per heavy atom.